The van der Waals surface area contributed by atoms with Crippen molar-refractivity contribution in [1.29, 1.82) is 0 Å². The number of amides is 2. The average molecular weight is 396 g/mol. The molecule has 2 amide bonds. The van der Waals surface area contributed by atoms with E-state index in [-0.39, 0.29) is 18.4 Å². The molecule has 2 aromatic rings. The standard InChI is InChI=1S/C24H33N3O2/c1-5-26(6-2)22-14-15-23(19(3)17-22)25-24(29)18-27(20(4)28)16-10-13-21-11-8-7-9-12-21/h7-9,11-12,14-15,17H,5-6,10,13,16,18H2,1-4H3,(H,25,29). The van der Waals surface area contributed by atoms with Crippen molar-refractivity contribution in [2.75, 3.05) is 36.4 Å². The van der Waals surface area contributed by atoms with Gasteiger partial charge in [-0.05, 0) is 62.9 Å². The Morgan fingerprint density at radius 3 is 2.28 bits per heavy atom. The summed E-state index contributed by atoms with van der Waals surface area (Å²) >= 11 is 0. The van der Waals surface area contributed by atoms with Crippen molar-refractivity contribution < 1.29 is 9.59 Å². The van der Waals surface area contributed by atoms with E-state index in [2.05, 4.69) is 42.3 Å². The summed E-state index contributed by atoms with van der Waals surface area (Å²) in [6, 6.07) is 16.2. The number of nitrogens with zero attached hydrogens (tertiary/aromatic N) is 2. The summed E-state index contributed by atoms with van der Waals surface area (Å²) in [5.74, 6) is -0.250. The number of carbonyl (C=O) groups excluding carboxylic acids is 2. The number of benzene rings is 2. The third-order valence-corrected chi connectivity index (χ3v) is 5.13. The van der Waals surface area contributed by atoms with Gasteiger partial charge in [-0.3, -0.25) is 9.59 Å². The third-order valence-electron chi connectivity index (χ3n) is 5.13. The highest BCUT2D eigenvalue weighted by Crippen LogP contribution is 2.22. The summed E-state index contributed by atoms with van der Waals surface area (Å²) in [6.45, 7) is 10.3. The Morgan fingerprint density at radius 1 is 1.00 bits per heavy atom. The molecule has 0 aromatic heterocycles. The van der Waals surface area contributed by atoms with Gasteiger partial charge in [-0.2, -0.15) is 0 Å². The van der Waals surface area contributed by atoms with Gasteiger partial charge >= 0.3 is 0 Å². The Labute approximate surface area is 174 Å². The van der Waals surface area contributed by atoms with Gasteiger partial charge in [0.1, 0.15) is 0 Å². The second-order valence-electron chi connectivity index (χ2n) is 7.25. The molecule has 0 unspecified atom stereocenters. The van der Waals surface area contributed by atoms with Crippen LogP contribution in [-0.2, 0) is 16.0 Å². The quantitative estimate of drug-likeness (QED) is 0.654. The van der Waals surface area contributed by atoms with Gasteiger partial charge in [0, 0.05) is 37.9 Å². The van der Waals surface area contributed by atoms with Gasteiger partial charge in [0.05, 0.1) is 6.54 Å². The molecule has 0 atom stereocenters. The molecule has 0 aliphatic rings. The van der Waals surface area contributed by atoms with E-state index in [0.717, 1.165) is 42.9 Å². The number of rotatable bonds is 10. The van der Waals surface area contributed by atoms with E-state index in [9.17, 15) is 9.59 Å². The molecule has 0 aliphatic carbocycles. The molecule has 0 fully saturated rings. The average Bonchev–Trinajstić information content (AvgIpc) is 2.71. The molecule has 0 radical (unpaired) electrons. The lowest BCUT2D eigenvalue weighted by molar-refractivity contribution is -0.132. The number of aryl methyl sites for hydroxylation is 2. The Kier molecular flexibility index (Phi) is 8.71. The van der Waals surface area contributed by atoms with Gasteiger partial charge in [-0.1, -0.05) is 30.3 Å². The maximum absolute atomic E-state index is 12.5. The number of hydrogen-bond donors (Lipinski definition) is 1. The maximum atomic E-state index is 12.5. The molecule has 0 saturated heterocycles. The molecule has 5 nitrogen and oxygen atoms in total. The van der Waals surface area contributed by atoms with Crippen molar-refractivity contribution in [2.24, 2.45) is 0 Å². The van der Waals surface area contributed by atoms with E-state index in [4.69, 9.17) is 0 Å². The molecular formula is C24H33N3O2. The van der Waals surface area contributed by atoms with Gasteiger partial charge in [0.2, 0.25) is 11.8 Å². The number of hydrogen-bond acceptors (Lipinski definition) is 3. The van der Waals surface area contributed by atoms with Crippen LogP contribution < -0.4 is 10.2 Å². The Bertz CT molecular complexity index is 801. The molecule has 1 N–H and O–H groups in total. The van der Waals surface area contributed by atoms with Crippen LogP contribution in [0.1, 0.15) is 38.3 Å². The first-order valence-electron chi connectivity index (χ1n) is 10.4. The smallest absolute Gasteiger partial charge is 0.244 e. The zero-order valence-corrected chi connectivity index (χ0v) is 18.1. The summed E-state index contributed by atoms with van der Waals surface area (Å²) < 4.78 is 0. The van der Waals surface area contributed by atoms with Crippen molar-refractivity contribution in [3.8, 4) is 0 Å². The first-order chi connectivity index (χ1) is 13.9. The summed E-state index contributed by atoms with van der Waals surface area (Å²) in [7, 11) is 0. The van der Waals surface area contributed by atoms with Crippen LogP contribution in [0.5, 0.6) is 0 Å². The second kappa shape index (κ2) is 11.2. The molecule has 156 valence electrons. The van der Waals surface area contributed by atoms with E-state index in [0.29, 0.717) is 6.54 Å². The van der Waals surface area contributed by atoms with Crippen LogP contribution in [0.4, 0.5) is 11.4 Å². The minimum absolute atomic E-state index is 0.0708. The maximum Gasteiger partial charge on any atom is 0.244 e. The van der Waals surface area contributed by atoms with Crippen molar-refractivity contribution in [2.45, 2.75) is 40.5 Å². The lowest BCUT2D eigenvalue weighted by Crippen LogP contribution is -2.37. The number of anilines is 2. The predicted octanol–water partition coefficient (Wildman–Crippen LogP) is 4.26. The van der Waals surface area contributed by atoms with Crippen molar-refractivity contribution in [3.63, 3.8) is 0 Å². The van der Waals surface area contributed by atoms with E-state index >= 15 is 0 Å². The molecular weight excluding hydrogens is 362 g/mol. The van der Waals surface area contributed by atoms with Gasteiger partial charge in [-0.25, -0.2) is 0 Å². The van der Waals surface area contributed by atoms with E-state index in [1.54, 1.807) is 4.90 Å². The number of carbonyl (C=O) groups is 2. The molecule has 2 rings (SSSR count). The monoisotopic (exact) mass is 395 g/mol. The van der Waals surface area contributed by atoms with E-state index < -0.39 is 0 Å². The van der Waals surface area contributed by atoms with Crippen LogP contribution in [-0.4, -0.2) is 42.9 Å². The lowest BCUT2D eigenvalue weighted by atomic mass is 10.1. The number of nitrogens with one attached hydrogen (secondary N) is 1. The van der Waals surface area contributed by atoms with Gasteiger partial charge in [0.25, 0.3) is 0 Å². The summed E-state index contributed by atoms with van der Waals surface area (Å²) in [4.78, 5) is 28.4. The lowest BCUT2D eigenvalue weighted by Gasteiger charge is -2.23. The second-order valence-corrected chi connectivity index (χ2v) is 7.25. The van der Waals surface area contributed by atoms with Crippen LogP contribution in [0.25, 0.3) is 0 Å². The highest BCUT2D eigenvalue weighted by atomic mass is 16.2. The Balaban J connectivity index is 1.92. The molecule has 29 heavy (non-hydrogen) atoms. The normalized spacial score (nSPS) is 10.5. The van der Waals surface area contributed by atoms with Crippen LogP contribution in [0.15, 0.2) is 48.5 Å². The van der Waals surface area contributed by atoms with E-state index in [1.807, 2.05) is 37.3 Å². The van der Waals surface area contributed by atoms with E-state index in [1.165, 1.54) is 12.5 Å². The zero-order valence-electron chi connectivity index (χ0n) is 18.1. The molecule has 0 spiro atoms. The topological polar surface area (TPSA) is 52.7 Å². The highest BCUT2D eigenvalue weighted by molar-refractivity contribution is 5.95. The van der Waals surface area contributed by atoms with Crippen molar-refractivity contribution >= 4 is 23.2 Å². The minimum Gasteiger partial charge on any atom is -0.372 e. The van der Waals surface area contributed by atoms with Gasteiger partial charge < -0.3 is 15.1 Å². The van der Waals surface area contributed by atoms with Crippen LogP contribution >= 0.6 is 0 Å². The fourth-order valence-corrected chi connectivity index (χ4v) is 3.40. The minimum atomic E-state index is -0.168. The van der Waals surface area contributed by atoms with Crippen LogP contribution in [0.3, 0.4) is 0 Å². The van der Waals surface area contributed by atoms with Crippen molar-refractivity contribution in [1.82, 2.24) is 4.90 Å². The Hall–Kier alpha value is -2.82. The van der Waals surface area contributed by atoms with Crippen LogP contribution in [0, 0.1) is 6.92 Å². The summed E-state index contributed by atoms with van der Waals surface area (Å²) in [5.41, 5.74) is 4.20. The SMILES string of the molecule is CCN(CC)c1ccc(NC(=O)CN(CCCc2ccccc2)C(C)=O)c(C)c1. The van der Waals surface area contributed by atoms with Gasteiger partial charge in [0.15, 0.2) is 0 Å². The summed E-state index contributed by atoms with van der Waals surface area (Å²) in [5, 5.41) is 2.95. The zero-order chi connectivity index (χ0) is 21.2. The molecule has 0 aliphatic heterocycles. The molecule has 0 saturated carbocycles. The molecule has 0 heterocycles. The first kappa shape index (κ1) is 22.5. The highest BCUT2D eigenvalue weighted by Gasteiger charge is 2.14. The molecule has 5 heteroatoms. The van der Waals surface area contributed by atoms with Crippen LogP contribution in [0.2, 0.25) is 0 Å². The summed E-state index contributed by atoms with van der Waals surface area (Å²) in [6.07, 6.45) is 1.71. The fraction of sp³-hybridized carbons (Fsp3) is 0.417. The van der Waals surface area contributed by atoms with Gasteiger partial charge in [-0.15, -0.1) is 0 Å². The largest absolute Gasteiger partial charge is 0.372 e. The predicted molar refractivity (Wildman–Crippen MR) is 120 cm³/mol. The third kappa shape index (κ3) is 6.93. The molecule has 0 bridgehead atoms. The Morgan fingerprint density at radius 2 is 1.69 bits per heavy atom. The molecule has 2 aromatic carbocycles. The first-order valence-corrected chi connectivity index (χ1v) is 10.4. The fourth-order valence-electron chi connectivity index (χ4n) is 3.40. The van der Waals surface area contributed by atoms with Crippen molar-refractivity contribution in [3.05, 3.63) is 59.7 Å².